The molecule has 1 atom stereocenters. The zero-order valence-corrected chi connectivity index (χ0v) is 14.4. The smallest absolute Gasteiger partial charge is 0.345 e. The fourth-order valence-electron chi connectivity index (χ4n) is 2.52. The lowest BCUT2D eigenvalue weighted by molar-refractivity contribution is -0.149. The zero-order chi connectivity index (χ0) is 19.1. The Morgan fingerprint density at radius 3 is 2.19 bits per heavy atom. The van der Waals surface area contributed by atoms with Gasteiger partial charge in [-0.2, -0.15) is 0 Å². The van der Waals surface area contributed by atoms with Crippen LogP contribution in [0.25, 0.3) is 0 Å². The van der Waals surface area contributed by atoms with Gasteiger partial charge in [0.15, 0.2) is 12.7 Å². The number of ketones is 1. The molecule has 0 radical (unpaired) electrons. The van der Waals surface area contributed by atoms with Crippen LogP contribution < -0.4 is 4.74 Å². The second kappa shape index (κ2) is 8.76. The predicted octanol–water partition coefficient (Wildman–Crippen LogP) is 4.37. The lowest BCUT2D eigenvalue weighted by atomic mass is 10.00. The van der Waals surface area contributed by atoms with Crippen molar-refractivity contribution in [3.05, 3.63) is 102 Å². The third kappa shape index (κ3) is 5.01. The van der Waals surface area contributed by atoms with Gasteiger partial charge < -0.3 is 9.47 Å². The summed E-state index contributed by atoms with van der Waals surface area (Å²) in [5, 5.41) is 0. The highest BCUT2D eigenvalue weighted by atomic mass is 19.1. The van der Waals surface area contributed by atoms with Gasteiger partial charge in [-0.3, -0.25) is 4.79 Å². The molecule has 3 rings (SSSR count). The van der Waals surface area contributed by atoms with Gasteiger partial charge in [-0.15, -0.1) is 0 Å². The largest absolute Gasteiger partial charge is 0.482 e. The summed E-state index contributed by atoms with van der Waals surface area (Å²) >= 11 is 0. The molecule has 0 spiro atoms. The van der Waals surface area contributed by atoms with Gasteiger partial charge in [-0.05, 0) is 12.1 Å². The van der Waals surface area contributed by atoms with Crippen molar-refractivity contribution < 1.29 is 23.5 Å². The molecule has 0 saturated heterocycles. The van der Waals surface area contributed by atoms with Crippen LogP contribution in [0.2, 0.25) is 0 Å². The number of benzene rings is 3. The normalized spacial score (nSPS) is 11.4. The highest BCUT2D eigenvalue weighted by Gasteiger charge is 2.26. The van der Waals surface area contributed by atoms with Gasteiger partial charge in [0.2, 0.25) is 5.78 Å². The standard InChI is InChI=1S/C22H17FO4/c23-18-12-7-13-19(14-18)26-15-20(24)27-22(17-10-5-2-6-11-17)21(25)16-8-3-1-4-9-16/h1-14,22H,15H2/t22-/m0/s1. The van der Waals surface area contributed by atoms with Crippen LogP contribution in [0, 0.1) is 5.82 Å². The van der Waals surface area contributed by atoms with Crippen LogP contribution in [-0.4, -0.2) is 18.4 Å². The number of carbonyl (C=O) groups excluding carboxylic acids is 2. The Balaban J connectivity index is 1.73. The first kappa shape index (κ1) is 18.3. The molecular formula is C22H17FO4. The van der Waals surface area contributed by atoms with Crippen molar-refractivity contribution in [3.8, 4) is 5.75 Å². The highest BCUT2D eigenvalue weighted by molar-refractivity contribution is 6.01. The van der Waals surface area contributed by atoms with E-state index in [0.717, 1.165) is 6.07 Å². The van der Waals surface area contributed by atoms with Gasteiger partial charge in [0.25, 0.3) is 0 Å². The number of hydrogen-bond acceptors (Lipinski definition) is 4. The average molecular weight is 364 g/mol. The average Bonchev–Trinajstić information content (AvgIpc) is 2.71. The molecule has 136 valence electrons. The minimum absolute atomic E-state index is 0.206. The summed E-state index contributed by atoms with van der Waals surface area (Å²) in [4.78, 5) is 25.1. The van der Waals surface area contributed by atoms with Crippen molar-refractivity contribution in [1.82, 2.24) is 0 Å². The summed E-state index contributed by atoms with van der Waals surface area (Å²) in [5.41, 5.74) is 0.996. The van der Waals surface area contributed by atoms with Gasteiger partial charge in [0, 0.05) is 17.2 Å². The second-order valence-corrected chi connectivity index (χ2v) is 5.76. The fraction of sp³-hybridized carbons (Fsp3) is 0.0909. The maximum atomic E-state index is 13.2. The first-order chi connectivity index (χ1) is 13.1. The van der Waals surface area contributed by atoms with E-state index in [4.69, 9.17) is 9.47 Å². The maximum absolute atomic E-state index is 13.2. The Morgan fingerprint density at radius 1 is 0.852 bits per heavy atom. The summed E-state index contributed by atoms with van der Waals surface area (Å²) in [6.45, 7) is -0.436. The van der Waals surface area contributed by atoms with Crippen LogP contribution >= 0.6 is 0 Å². The number of ether oxygens (including phenoxy) is 2. The zero-order valence-electron chi connectivity index (χ0n) is 14.4. The van der Waals surface area contributed by atoms with Gasteiger partial charge in [-0.1, -0.05) is 66.7 Å². The molecule has 0 unspecified atom stereocenters. The van der Waals surface area contributed by atoms with E-state index in [2.05, 4.69) is 0 Å². The van der Waals surface area contributed by atoms with Crippen LogP contribution in [0.15, 0.2) is 84.9 Å². The number of Topliss-reactive ketones (excluding diaryl/α,β-unsaturated/α-hetero) is 1. The van der Waals surface area contributed by atoms with E-state index in [9.17, 15) is 14.0 Å². The highest BCUT2D eigenvalue weighted by Crippen LogP contribution is 2.23. The molecule has 0 bridgehead atoms. The van der Waals surface area contributed by atoms with Crippen molar-refractivity contribution in [3.63, 3.8) is 0 Å². The van der Waals surface area contributed by atoms with Crippen molar-refractivity contribution in [1.29, 1.82) is 0 Å². The summed E-state index contributed by atoms with van der Waals surface area (Å²) in [7, 11) is 0. The molecule has 0 fully saturated rings. The molecule has 0 aliphatic heterocycles. The molecule has 0 saturated carbocycles. The SMILES string of the molecule is O=C(COc1cccc(F)c1)O[C@H](C(=O)c1ccccc1)c1ccccc1. The number of halogens is 1. The molecule has 0 amide bonds. The first-order valence-electron chi connectivity index (χ1n) is 8.35. The lowest BCUT2D eigenvalue weighted by Crippen LogP contribution is -2.23. The quantitative estimate of drug-likeness (QED) is 0.461. The second-order valence-electron chi connectivity index (χ2n) is 5.76. The Morgan fingerprint density at radius 2 is 1.52 bits per heavy atom. The summed E-state index contributed by atoms with van der Waals surface area (Å²) in [6, 6.07) is 22.8. The van der Waals surface area contributed by atoms with Crippen LogP contribution in [0.3, 0.4) is 0 Å². The molecule has 0 N–H and O–H groups in total. The minimum Gasteiger partial charge on any atom is -0.482 e. The first-order valence-corrected chi connectivity index (χ1v) is 8.35. The maximum Gasteiger partial charge on any atom is 0.345 e. The van der Waals surface area contributed by atoms with E-state index < -0.39 is 24.5 Å². The fourth-order valence-corrected chi connectivity index (χ4v) is 2.52. The van der Waals surface area contributed by atoms with Crippen molar-refractivity contribution in [2.45, 2.75) is 6.10 Å². The van der Waals surface area contributed by atoms with Crippen LogP contribution in [0.4, 0.5) is 4.39 Å². The Kier molecular flexibility index (Phi) is 5.94. The van der Waals surface area contributed by atoms with Gasteiger partial charge >= 0.3 is 5.97 Å². The van der Waals surface area contributed by atoms with E-state index in [1.165, 1.54) is 18.2 Å². The number of esters is 1. The molecule has 3 aromatic rings. The third-order valence-electron chi connectivity index (χ3n) is 3.80. The van der Waals surface area contributed by atoms with Crippen LogP contribution in [0.1, 0.15) is 22.0 Å². The number of hydrogen-bond donors (Lipinski definition) is 0. The number of carbonyl (C=O) groups is 2. The van der Waals surface area contributed by atoms with E-state index in [0.29, 0.717) is 11.1 Å². The van der Waals surface area contributed by atoms with Gasteiger partial charge in [0.1, 0.15) is 11.6 Å². The summed E-state index contributed by atoms with van der Waals surface area (Å²) in [6.07, 6.45) is -1.09. The molecular weight excluding hydrogens is 347 g/mol. The van der Waals surface area contributed by atoms with Gasteiger partial charge in [-0.25, -0.2) is 9.18 Å². The molecule has 5 heteroatoms. The monoisotopic (exact) mass is 364 g/mol. The Hall–Kier alpha value is -3.47. The van der Waals surface area contributed by atoms with E-state index >= 15 is 0 Å². The molecule has 27 heavy (non-hydrogen) atoms. The summed E-state index contributed by atoms with van der Waals surface area (Å²) < 4.78 is 23.8. The molecule has 0 heterocycles. The molecule has 0 aliphatic carbocycles. The summed E-state index contributed by atoms with van der Waals surface area (Å²) in [5.74, 6) is -1.32. The lowest BCUT2D eigenvalue weighted by Gasteiger charge is -2.17. The van der Waals surface area contributed by atoms with Gasteiger partial charge in [0.05, 0.1) is 0 Å². The minimum atomic E-state index is -1.09. The Bertz CT molecular complexity index is 910. The molecule has 3 aromatic carbocycles. The van der Waals surface area contributed by atoms with Crippen LogP contribution in [-0.2, 0) is 9.53 Å². The molecule has 4 nitrogen and oxygen atoms in total. The Labute approximate surface area is 156 Å². The van der Waals surface area contributed by atoms with Crippen molar-refractivity contribution in [2.24, 2.45) is 0 Å². The van der Waals surface area contributed by atoms with Crippen LogP contribution in [0.5, 0.6) is 5.75 Å². The van der Waals surface area contributed by atoms with E-state index in [1.807, 2.05) is 6.07 Å². The van der Waals surface area contributed by atoms with Crippen molar-refractivity contribution >= 4 is 11.8 Å². The van der Waals surface area contributed by atoms with E-state index in [-0.39, 0.29) is 11.5 Å². The van der Waals surface area contributed by atoms with E-state index in [1.54, 1.807) is 54.6 Å². The number of rotatable bonds is 7. The predicted molar refractivity (Wildman–Crippen MR) is 97.9 cm³/mol. The third-order valence-corrected chi connectivity index (χ3v) is 3.80. The molecule has 0 aliphatic rings. The van der Waals surface area contributed by atoms with Crippen molar-refractivity contribution in [2.75, 3.05) is 6.61 Å². The topological polar surface area (TPSA) is 52.6 Å². The molecule has 0 aromatic heterocycles.